The van der Waals surface area contributed by atoms with Gasteiger partial charge in [-0.3, -0.25) is 4.79 Å². The monoisotopic (exact) mass is 1050 g/mol. The van der Waals surface area contributed by atoms with E-state index in [1.54, 1.807) is 0 Å². The van der Waals surface area contributed by atoms with Crippen LogP contribution in [0.5, 0.6) is 0 Å². The van der Waals surface area contributed by atoms with Crippen molar-refractivity contribution in [2.75, 3.05) is 0 Å². The van der Waals surface area contributed by atoms with E-state index in [1.807, 2.05) is 46.8 Å². The summed E-state index contributed by atoms with van der Waals surface area (Å²) in [7, 11) is 0. The van der Waals surface area contributed by atoms with Crippen molar-refractivity contribution in [2.24, 2.45) is 11.3 Å². The predicted molar refractivity (Wildman–Crippen MR) is 271 cm³/mol. The zero-order valence-corrected chi connectivity index (χ0v) is 43.3. The third kappa shape index (κ3) is 12.9. The SMILES string of the molecule is CCC(CC)C(=O)/C=C(\O)C(C)(CC)CC.[2H]c1cc2cc(C3CCCC3)ccc2c(-c2[c-]c(C)cc(C(C)C)c2)n1.[2H]c1cc2cc(C3CCCC3)ccc2c(-c2[c-]c(C)cc(C)c2)n1.[Ir]. The first-order valence-corrected chi connectivity index (χ1v) is 24.4. The Morgan fingerprint density at radius 1 is 0.723 bits per heavy atom. The number of nitrogens with zero attached hydrogens (tertiary/aromatic N) is 2. The second-order valence-electron chi connectivity index (χ2n) is 19.3. The summed E-state index contributed by atoms with van der Waals surface area (Å²) in [6, 6.07) is 32.8. The molecule has 0 saturated heterocycles. The van der Waals surface area contributed by atoms with Crippen LogP contribution in [-0.4, -0.2) is 20.9 Å². The molecule has 0 aliphatic heterocycles. The van der Waals surface area contributed by atoms with E-state index in [9.17, 15) is 9.90 Å². The Labute approximate surface area is 408 Å². The minimum atomic E-state index is -0.248. The van der Waals surface area contributed by atoms with Crippen LogP contribution in [0.15, 0.2) is 97.0 Å². The van der Waals surface area contributed by atoms with Gasteiger partial charge in [-0.2, -0.15) is 0 Å². The molecule has 2 fully saturated rings. The number of hydrogen-bond acceptors (Lipinski definition) is 4. The van der Waals surface area contributed by atoms with E-state index >= 15 is 0 Å². The number of carbonyl (C=O) groups excluding carboxylic acids is 1. The Morgan fingerprint density at radius 2 is 1.18 bits per heavy atom. The molecule has 347 valence electrons. The standard InChI is InChI=1S/C24H26N.C22H22N.C14H26O2.Ir/c1-16(2)21-12-17(3)13-22(15-21)24-23-9-8-19(18-6-4-5-7-18)14-20(23)10-11-25-24;1-15-11-16(2)13-20(12-15)22-21-8-7-18(17-5-3-4-6-17)14-19(21)9-10-23-22;1-6-11(7-2)12(15)10-13(16)14(5,8-3)9-4;/h8-12,14-16,18H,4-7H2,1-3H3;7-12,14,17H,3-6H2,1-2H3;10-11,16H,6-9H2,1-5H3;/q2*-1;;/b;;13-10-;/i11D;10D;;. The topological polar surface area (TPSA) is 63.1 Å². The molecule has 8 rings (SSSR count). The summed E-state index contributed by atoms with van der Waals surface area (Å²) >= 11 is 0. The third-order valence-corrected chi connectivity index (χ3v) is 14.3. The molecule has 6 aromatic rings. The number of ketones is 1. The van der Waals surface area contributed by atoms with Gasteiger partial charge in [0.1, 0.15) is 5.76 Å². The van der Waals surface area contributed by atoms with Gasteiger partial charge in [-0.15, -0.1) is 69.8 Å². The molecule has 0 spiro atoms. The smallest absolute Gasteiger partial charge is 0.162 e. The first kappa shape index (κ1) is 48.5. The van der Waals surface area contributed by atoms with Gasteiger partial charge in [0.2, 0.25) is 0 Å². The molecule has 2 aliphatic carbocycles. The number of aromatic nitrogens is 2. The summed E-state index contributed by atoms with van der Waals surface area (Å²) < 4.78 is 16.3. The minimum absolute atomic E-state index is 0. The molecule has 2 saturated carbocycles. The van der Waals surface area contributed by atoms with Gasteiger partial charge in [0.25, 0.3) is 0 Å². The largest absolute Gasteiger partial charge is 0.512 e. The summed E-state index contributed by atoms with van der Waals surface area (Å²) in [5.74, 6) is 2.20. The number of fused-ring (bicyclic) bond motifs is 2. The van der Waals surface area contributed by atoms with E-state index in [2.05, 4.69) is 117 Å². The van der Waals surface area contributed by atoms with Crippen LogP contribution >= 0.6 is 0 Å². The summed E-state index contributed by atoms with van der Waals surface area (Å²) in [5.41, 5.74) is 11.1. The molecule has 0 atom stereocenters. The summed E-state index contributed by atoms with van der Waals surface area (Å²) in [5, 5.41) is 14.5. The first-order chi connectivity index (χ1) is 31.6. The maximum absolute atomic E-state index is 11.9. The molecular weight excluding hydrogens is 973 g/mol. The molecule has 0 unspecified atom stereocenters. The fraction of sp³-hybridized carbons (Fsp3) is 0.450. The maximum atomic E-state index is 11.9. The van der Waals surface area contributed by atoms with Crippen molar-refractivity contribution in [3.8, 4) is 22.5 Å². The van der Waals surface area contributed by atoms with Crippen molar-refractivity contribution in [1.82, 2.24) is 9.97 Å². The molecule has 2 heterocycles. The van der Waals surface area contributed by atoms with Crippen LogP contribution < -0.4 is 0 Å². The number of aliphatic hydroxyl groups is 1. The number of rotatable bonds is 12. The number of aryl methyl sites for hydroxylation is 3. The number of carbonyl (C=O) groups is 1. The van der Waals surface area contributed by atoms with Gasteiger partial charge in [-0.05, 0) is 125 Å². The van der Waals surface area contributed by atoms with Crippen molar-refractivity contribution < 1.29 is 32.7 Å². The molecule has 4 nitrogen and oxygen atoms in total. The van der Waals surface area contributed by atoms with Crippen LogP contribution in [0, 0.1) is 44.2 Å². The molecule has 65 heavy (non-hydrogen) atoms. The van der Waals surface area contributed by atoms with E-state index < -0.39 is 0 Å². The van der Waals surface area contributed by atoms with Crippen molar-refractivity contribution in [2.45, 2.75) is 164 Å². The fourth-order valence-electron chi connectivity index (χ4n) is 9.68. The van der Waals surface area contributed by atoms with E-state index in [1.165, 1.54) is 79.7 Å². The Hall–Kier alpha value is -4.44. The molecule has 4 aromatic carbocycles. The average Bonchev–Trinajstić information content (AvgIpc) is 4.05. The summed E-state index contributed by atoms with van der Waals surface area (Å²) in [6.45, 7) is 20.7. The number of allylic oxidation sites excluding steroid dienone is 2. The van der Waals surface area contributed by atoms with Gasteiger partial charge < -0.3 is 15.1 Å². The summed E-state index contributed by atoms with van der Waals surface area (Å²) in [6.07, 6.45) is 16.0. The molecule has 5 heteroatoms. The molecule has 2 aliphatic rings. The molecule has 2 aromatic heterocycles. The van der Waals surface area contributed by atoms with Gasteiger partial charge in [0, 0.05) is 49.9 Å². The fourth-order valence-corrected chi connectivity index (χ4v) is 9.68. The Balaban J connectivity index is 0.000000193. The van der Waals surface area contributed by atoms with Crippen molar-refractivity contribution in [3.63, 3.8) is 0 Å². The third-order valence-electron chi connectivity index (χ3n) is 14.3. The van der Waals surface area contributed by atoms with Crippen LogP contribution in [-0.2, 0) is 24.9 Å². The zero-order valence-electron chi connectivity index (χ0n) is 42.9. The first-order valence-electron chi connectivity index (χ1n) is 25.4. The molecular formula is C60H74IrN2O2-2. The summed E-state index contributed by atoms with van der Waals surface area (Å²) in [4.78, 5) is 21.0. The molecule has 0 amide bonds. The average molecular weight is 1050 g/mol. The maximum Gasteiger partial charge on any atom is 0.162 e. The second-order valence-corrected chi connectivity index (χ2v) is 19.3. The quantitative estimate of drug-likeness (QED) is 0.0754. The molecule has 1 radical (unpaired) electrons. The molecule has 1 N–H and O–H groups in total. The van der Waals surface area contributed by atoms with Gasteiger partial charge in [0.15, 0.2) is 5.78 Å². The van der Waals surface area contributed by atoms with Crippen molar-refractivity contribution in [3.05, 3.63) is 142 Å². The van der Waals surface area contributed by atoms with E-state index in [0.717, 1.165) is 80.9 Å². The zero-order chi connectivity index (χ0) is 47.7. The predicted octanol–water partition coefficient (Wildman–Crippen LogP) is 17.0. The Kier molecular flexibility index (Phi) is 17.8. The van der Waals surface area contributed by atoms with Gasteiger partial charge in [-0.1, -0.05) is 131 Å². The van der Waals surface area contributed by atoms with Crippen LogP contribution in [0.2, 0.25) is 0 Å². The minimum Gasteiger partial charge on any atom is -0.512 e. The van der Waals surface area contributed by atoms with E-state index in [-0.39, 0.29) is 43.0 Å². The van der Waals surface area contributed by atoms with Crippen LogP contribution in [0.1, 0.15) is 179 Å². The van der Waals surface area contributed by atoms with E-state index in [4.69, 9.17) is 2.74 Å². The van der Waals surface area contributed by atoms with Gasteiger partial charge >= 0.3 is 0 Å². The normalized spacial score (nSPS) is 15.0. The Bertz CT molecular complexity index is 2630. The number of pyridine rings is 2. The molecule has 0 bridgehead atoms. The Morgan fingerprint density at radius 3 is 1.62 bits per heavy atom. The number of hydrogen-bond donors (Lipinski definition) is 1. The van der Waals surface area contributed by atoms with Crippen LogP contribution in [0.4, 0.5) is 0 Å². The van der Waals surface area contributed by atoms with Gasteiger partial charge in [0.05, 0.1) is 2.74 Å². The second kappa shape index (κ2) is 23.8. The van der Waals surface area contributed by atoms with Crippen LogP contribution in [0.25, 0.3) is 44.1 Å². The van der Waals surface area contributed by atoms with Crippen LogP contribution in [0.3, 0.4) is 0 Å². The number of aliphatic hydroxyl groups excluding tert-OH is 1. The van der Waals surface area contributed by atoms with Crippen molar-refractivity contribution >= 4 is 27.3 Å². The van der Waals surface area contributed by atoms with Gasteiger partial charge in [-0.25, -0.2) is 0 Å². The van der Waals surface area contributed by atoms with Crippen molar-refractivity contribution in [1.29, 1.82) is 0 Å². The number of benzene rings is 4. The van der Waals surface area contributed by atoms with E-state index in [0.29, 0.717) is 30.1 Å².